The highest BCUT2D eigenvalue weighted by Gasteiger charge is 1.95. The van der Waals surface area contributed by atoms with Crippen molar-refractivity contribution in [3.63, 3.8) is 0 Å². The van der Waals surface area contributed by atoms with Crippen molar-refractivity contribution < 1.29 is 4.79 Å². The van der Waals surface area contributed by atoms with Crippen molar-refractivity contribution in [2.45, 2.75) is 27.7 Å². The van der Waals surface area contributed by atoms with Gasteiger partial charge in [-0.1, -0.05) is 132 Å². The average Bonchev–Trinajstić information content (AvgIpc) is 2.80. The lowest BCUT2D eigenvalue weighted by atomic mass is 10.0. The van der Waals surface area contributed by atoms with Crippen molar-refractivity contribution in [2.75, 3.05) is 0 Å². The van der Waals surface area contributed by atoms with E-state index >= 15 is 0 Å². The molecule has 0 N–H and O–H groups in total. The molecule has 0 aliphatic rings. The summed E-state index contributed by atoms with van der Waals surface area (Å²) in [7, 11) is 0. The first-order valence-corrected chi connectivity index (χ1v) is 10.8. The van der Waals surface area contributed by atoms with Crippen LogP contribution in [0, 0.1) is 0 Å². The molecule has 1 nitrogen and oxygen atoms in total. The second kappa shape index (κ2) is 13.6. The summed E-state index contributed by atoms with van der Waals surface area (Å²) in [5.41, 5.74) is 5.43. The third-order valence-corrected chi connectivity index (χ3v) is 4.80. The molecule has 0 bridgehead atoms. The minimum Gasteiger partial charge on any atom is -0.298 e. The molecule has 0 saturated carbocycles. The summed E-state index contributed by atoms with van der Waals surface area (Å²) in [6.45, 7) is 8.01. The van der Waals surface area contributed by atoms with Gasteiger partial charge in [0.1, 0.15) is 6.29 Å². The van der Waals surface area contributed by atoms with Gasteiger partial charge in [-0.25, -0.2) is 0 Å². The van der Waals surface area contributed by atoms with Crippen LogP contribution in [0.5, 0.6) is 0 Å². The normalized spacial score (nSPS) is 14.6. The van der Waals surface area contributed by atoms with E-state index in [4.69, 9.17) is 0 Å². The fourth-order valence-corrected chi connectivity index (χ4v) is 2.94. The van der Waals surface area contributed by atoms with E-state index in [-0.39, 0.29) is 0 Å². The molecule has 1 heteroatoms. The lowest BCUT2D eigenvalue weighted by Gasteiger charge is -2.01. The predicted octanol–water partition coefficient (Wildman–Crippen LogP) is 8.51. The molecule has 0 spiro atoms. The molecular weight excluding hydrogens is 388 g/mol. The van der Waals surface area contributed by atoms with Gasteiger partial charge < -0.3 is 0 Å². The molecule has 2 aromatic carbocycles. The Hall–Kier alpha value is -3.71. The summed E-state index contributed by atoms with van der Waals surface area (Å²) in [6.07, 6.45) is 25.3. The number of benzene rings is 2. The summed E-state index contributed by atoms with van der Waals surface area (Å²) in [6, 6.07) is 14.8. The van der Waals surface area contributed by atoms with Gasteiger partial charge >= 0.3 is 0 Å². The fraction of sp³-hybridized carbons (Fsp3) is 0.129. The molecule has 0 radical (unpaired) electrons. The zero-order valence-corrected chi connectivity index (χ0v) is 19.5. The molecule has 2 rings (SSSR count). The molecule has 0 aromatic heterocycles. The lowest BCUT2D eigenvalue weighted by molar-refractivity contribution is -0.104. The van der Waals surface area contributed by atoms with Gasteiger partial charge in [0.15, 0.2) is 0 Å². The van der Waals surface area contributed by atoms with E-state index in [2.05, 4.69) is 92.8 Å². The second-order valence-corrected chi connectivity index (χ2v) is 7.77. The summed E-state index contributed by atoms with van der Waals surface area (Å²) in [4.78, 5) is 10.6. The van der Waals surface area contributed by atoms with Crippen LogP contribution in [0.4, 0.5) is 0 Å². The summed E-state index contributed by atoms with van der Waals surface area (Å²) in [5, 5.41) is 2.53. The second-order valence-electron chi connectivity index (χ2n) is 7.77. The molecule has 0 saturated heterocycles. The Balaban J connectivity index is 1.93. The highest BCUT2D eigenvalue weighted by molar-refractivity contribution is 5.90. The van der Waals surface area contributed by atoms with E-state index in [0.717, 1.165) is 11.9 Å². The number of carbonyl (C=O) groups excluding carboxylic acids is 1. The quantitative estimate of drug-likeness (QED) is 0.226. The van der Waals surface area contributed by atoms with Crippen molar-refractivity contribution >= 4 is 23.1 Å². The number of allylic oxidation sites excluding steroid dienone is 15. The van der Waals surface area contributed by atoms with Crippen LogP contribution in [0.25, 0.3) is 16.8 Å². The lowest BCUT2D eigenvalue weighted by Crippen LogP contribution is -1.77. The van der Waals surface area contributed by atoms with Crippen LogP contribution in [0.3, 0.4) is 0 Å². The topological polar surface area (TPSA) is 17.1 Å². The monoisotopic (exact) mass is 420 g/mol. The highest BCUT2D eigenvalue weighted by Crippen LogP contribution is 2.20. The summed E-state index contributed by atoms with van der Waals surface area (Å²) < 4.78 is 0. The Morgan fingerprint density at radius 3 is 1.78 bits per heavy atom. The van der Waals surface area contributed by atoms with E-state index in [1.807, 2.05) is 37.3 Å². The first-order chi connectivity index (χ1) is 15.5. The first-order valence-electron chi connectivity index (χ1n) is 10.8. The molecule has 32 heavy (non-hydrogen) atoms. The minimum absolute atomic E-state index is 0.711. The van der Waals surface area contributed by atoms with E-state index < -0.39 is 0 Å². The molecule has 0 amide bonds. The molecular formula is C31H32O. The summed E-state index contributed by atoms with van der Waals surface area (Å²) in [5.74, 6) is 0. The van der Waals surface area contributed by atoms with E-state index in [1.54, 1.807) is 13.0 Å². The zero-order valence-electron chi connectivity index (χ0n) is 19.5. The average molecular weight is 421 g/mol. The molecule has 0 aliphatic heterocycles. The number of aldehydes is 1. The predicted molar refractivity (Wildman–Crippen MR) is 141 cm³/mol. The zero-order chi connectivity index (χ0) is 23.2. The van der Waals surface area contributed by atoms with Gasteiger partial charge in [0.05, 0.1) is 0 Å². The van der Waals surface area contributed by atoms with E-state index in [9.17, 15) is 4.79 Å². The van der Waals surface area contributed by atoms with Crippen LogP contribution < -0.4 is 0 Å². The molecule has 0 unspecified atom stereocenters. The van der Waals surface area contributed by atoms with Crippen LogP contribution in [0.15, 0.2) is 132 Å². The SMILES string of the molecule is C\C(C=O)=C/C=C/C(C)=C/C=C/C=C(C)/C=C/C=C(C)/C=C/c1cccc2ccccc12. The smallest absolute Gasteiger partial charge is 0.145 e. The number of carbonyl (C=O) groups is 1. The van der Waals surface area contributed by atoms with Gasteiger partial charge in [0.2, 0.25) is 0 Å². The van der Waals surface area contributed by atoms with Crippen LogP contribution >= 0.6 is 0 Å². The van der Waals surface area contributed by atoms with Gasteiger partial charge in [-0.05, 0) is 49.6 Å². The maximum absolute atomic E-state index is 10.6. The Morgan fingerprint density at radius 1 is 0.594 bits per heavy atom. The van der Waals surface area contributed by atoms with E-state index in [1.165, 1.54) is 27.5 Å². The highest BCUT2D eigenvalue weighted by atomic mass is 16.1. The minimum atomic E-state index is 0.711. The third kappa shape index (κ3) is 8.97. The molecule has 0 heterocycles. The first kappa shape index (κ1) is 24.6. The maximum atomic E-state index is 10.6. The van der Waals surface area contributed by atoms with Gasteiger partial charge in [-0.2, -0.15) is 0 Å². The molecule has 0 atom stereocenters. The van der Waals surface area contributed by atoms with Crippen LogP contribution in [-0.2, 0) is 4.79 Å². The van der Waals surface area contributed by atoms with Gasteiger partial charge in [-0.15, -0.1) is 0 Å². The molecule has 0 aliphatic carbocycles. The fourth-order valence-electron chi connectivity index (χ4n) is 2.94. The Labute approximate surface area is 192 Å². The number of fused-ring (bicyclic) bond motifs is 1. The summed E-state index contributed by atoms with van der Waals surface area (Å²) >= 11 is 0. The molecule has 0 fully saturated rings. The molecule has 2 aromatic rings. The van der Waals surface area contributed by atoms with Crippen molar-refractivity contribution in [1.82, 2.24) is 0 Å². The Bertz CT molecular complexity index is 1150. The van der Waals surface area contributed by atoms with Crippen LogP contribution in [-0.4, -0.2) is 6.29 Å². The standard InChI is InChI=1S/C31H32O/c1-25(12-5-6-13-26(2)15-10-17-28(4)24-32)14-9-16-27(3)22-23-30-20-11-19-29-18-7-8-21-31(29)30/h5-24H,1-4H3/b6-5+,14-9+,15-10+,23-22+,25-12+,26-13+,27-16+,28-17+. The maximum Gasteiger partial charge on any atom is 0.145 e. The van der Waals surface area contributed by atoms with Gasteiger partial charge in [-0.3, -0.25) is 4.79 Å². The third-order valence-electron chi connectivity index (χ3n) is 4.80. The van der Waals surface area contributed by atoms with Crippen LogP contribution in [0.1, 0.15) is 33.3 Å². The van der Waals surface area contributed by atoms with E-state index in [0.29, 0.717) is 5.57 Å². The van der Waals surface area contributed by atoms with Crippen molar-refractivity contribution in [1.29, 1.82) is 0 Å². The number of hydrogen-bond donors (Lipinski definition) is 0. The largest absolute Gasteiger partial charge is 0.298 e. The Kier molecular flexibility index (Phi) is 10.4. The number of rotatable bonds is 9. The van der Waals surface area contributed by atoms with Gasteiger partial charge in [0, 0.05) is 0 Å². The van der Waals surface area contributed by atoms with Crippen molar-refractivity contribution in [2.24, 2.45) is 0 Å². The van der Waals surface area contributed by atoms with Crippen molar-refractivity contribution in [3.8, 4) is 0 Å². The van der Waals surface area contributed by atoms with Crippen molar-refractivity contribution in [3.05, 3.63) is 137 Å². The van der Waals surface area contributed by atoms with Gasteiger partial charge in [0.25, 0.3) is 0 Å². The Morgan fingerprint density at radius 2 is 1.12 bits per heavy atom. The van der Waals surface area contributed by atoms with Crippen LogP contribution in [0.2, 0.25) is 0 Å². The molecule has 162 valence electrons. The number of hydrogen-bond acceptors (Lipinski definition) is 1.